The Labute approximate surface area is 177 Å². The molecule has 1 atom stereocenters. The van der Waals surface area contributed by atoms with Crippen LogP contribution >= 0.6 is 0 Å². The molecule has 30 heavy (non-hydrogen) atoms. The Bertz CT molecular complexity index is 1070. The first-order chi connectivity index (χ1) is 14.6. The van der Waals surface area contributed by atoms with Crippen molar-refractivity contribution in [1.29, 1.82) is 0 Å². The summed E-state index contributed by atoms with van der Waals surface area (Å²) in [4.78, 5) is 7.25. The predicted octanol–water partition coefficient (Wildman–Crippen LogP) is 4.94. The minimum atomic E-state index is 0.128. The molecular weight excluding hydrogens is 374 g/mol. The third kappa shape index (κ3) is 3.71. The van der Waals surface area contributed by atoms with Crippen LogP contribution in [0.25, 0.3) is 22.5 Å². The van der Waals surface area contributed by atoms with Crippen molar-refractivity contribution < 1.29 is 4.42 Å². The maximum atomic E-state index is 5.83. The smallest absolute Gasteiger partial charge is 0.122 e. The molecular formula is C24H29N5O. The summed E-state index contributed by atoms with van der Waals surface area (Å²) in [7, 11) is 1.98. The molecule has 156 valence electrons. The van der Waals surface area contributed by atoms with E-state index >= 15 is 0 Å². The summed E-state index contributed by atoms with van der Waals surface area (Å²) in [5.74, 6) is 0.975. The summed E-state index contributed by atoms with van der Waals surface area (Å²) in [5.41, 5.74) is 5.39. The van der Waals surface area contributed by atoms with Crippen LogP contribution in [0.5, 0.6) is 0 Å². The average Bonchev–Trinajstić information content (AvgIpc) is 3.51. The number of benzene rings is 1. The molecule has 3 heterocycles. The number of imidazole rings is 1. The molecule has 0 spiro atoms. The first kappa shape index (κ1) is 20.2. The molecule has 1 aromatic carbocycles. The molecule has 0 amide bonds. The van der Waals surface area contributed by atoms with Gasteiger partial charge in [0, 0.05) is 30.4 Å². The van der Waals surface area contributed by atoms with Crippen LogP contribution < -0.4 is 0 Å². The summed E-state index contributed by atoms with van der Waals surface area (Å²) in [6, 6.07) is 14.5. The van der Waals surface area contributed by atoms with Crippen LogP contribution in [0.1, 0.15) is 31.3 Å². The van der Waals surface area contributed by atoms with Gasteiger partial charge in [0.2, 0.25) is 0 Å². The van der Waals surface area contributed by atoms with Gasteiger partial charge in [-0.3, -0.25) is 9.58 Å². The van der Waals surface area contributed by atoms with Gasteiger partial charge in [-0.1, -0.05) is 44.2 Å². The van der Waals surface area contributed by atoms with E-state index in [4.69, 9.17) is 9.40 Å². The van der Waals surface area contributed by atoms with E-state index in [9.17, 15) is 0 Å². The second-order valence-electron chi connectivity index (χ2n) is 7.48. The number of hydrogen-bond donors (Lipinski definition) is 0. The SMILES string of the molecule is CCN(CC)[C@H](Cn1cnc(-c2ccccc2)c1-c1cnn(C)c1C)c1ccco1. The molecule has 0 fully saturated rings. The van der Waals surface area contributed by atoms with Crippen molar-refractivity contribution in [3.8, 4) is 22.5 Å². The Morgan fingerprint density at radius 3 is 2.43 bits per heavy atom. The van der Waals surface area contributed by atoms with Crippen molar-refractivity contribution in [1.82, 2.24) is 24.2 Å². The highest BCUT2D eigenvalue weighted by atomic mass is 16.3. The molecule has 6 nitrogen and oxygen atoms in total. The van der Waals surface area contributed by atoms with E-state index in [-0.39, 0.29) is 6.04 Å². The monoisotopic (exact) mass is 403 g/mol. The van der Waals surface area contributed by atoms with Gasteiger partial charge in [-0.25, -0.2) is 4.98 Å². The fraction of sp³-hybridized carbons (Fsp3) is 0.333. The lowest BCUT2D eigenvalue weighted by molar-refractivity contribution is 0.174. The molecule has 4 rings (SSSR count). The maximum Gasteiger partial charge on any atom is 0.122 e. The van der Waals surface area contributed by atoms with Crippen molar-refractivity contribution in [3.63, 3.8) is 0 Å². The fourth-order valence-electron chi connectivity index (χ4n) is 4.06. The van der Waals surface area contributed by atoms with Crippen LogP contribution in [0.3, 0.4) is 0 Å². The second-order valence-corrected chi connectivity index (χ2v) is 7.48. The Balaban J connectivity index is 1.83. The van der Waals surface area contributed by atoms with Gasteiger partial charge in [-0.2, -0.15) is 5.10 Å². The third-order valence-electron chi connectivity index (χ3n) is 5.87. The quantitative estimate of drug-likeness (QED) is 0.418. The Morgan fingerprint density at radius 1 is 1.07 bits per heavy atom. The van der Waals surface area contributed by atoms with Gasteiger partial charge in [0.15, 0.2) is 0 Å². The second kappa shape index (κ2) is 8.71. The Hall–Kier alpha value is -3.12. The van der Waals surface area contributed by atoms with Gasteiger partial charge in [-0.15, -0.1) is 0 Å². The first-order valence-corrected chi connectivity index (χ1v) is 10.5. The zero-order chi connectivity index (χ0) is 21.1. The van der Waals surface area contributed by atoms with Gasteiger partial charge >= 0.3 is 0 Å². The van der Waals surface area contributed by atoms with Crippen LogP contribution in [0, 0.1) is 6.92 Å². The van der Waals surface area contributed by atoms with Crippen LogP contribution in [0.4, 0.5) is 0 Å². The molecule has 0 saturated carbocycles. The molecule has 6 heteroatoms. The molecule has 0 aliphatic heterocycles. The summed E-state index contributed by atoms with van der Waals surface area (Å²) in [6.45, 7) is 9.12. The molecule has 0 aliphatic rings. The highest BCUT2D eigenvalue weighted by Gasteiger charge is 2.25. The molecule has 0 unspecified atom stereocenters. The predicted molar refractivity (Wildman–Crippen MR) is 119 cm³/mol. The van der Waals surface area contributed by atoms with E-state index in [1.165, 1.54) is 0 Å². The minimum Gasteiger partial charge on any atom is -0.468 e. The van der Waals surface area contributed by atoms with Gasteiger partial charge in [-0.05, 0) is 32.1 Å². The Morgan fingerprint density at radius 2 is 1.83 bits per heavy atom. The Kier molecular flexibility index (Phi) is 5.86. The van der Waals surface area contributed by atoms with Crippen molar-refractivity contribution in [3.05, 3.63) is 72.7 Å². The van der Waals surface area contributed by atoms with Crippen molar-refractivity contribution in [2.45, 2.75) is 33.4 Å². The molecule has 0 aliphatic carbocycles. The van der Waals surface area contributed by atoms with Crippen LogP contribution in [0.15, 0.2) is 65.7 Å². The van der Waals surface area contributed by atoms with E-state index < -0.39 is 0 Å². The van der Waals surface area contributed by atoms with Crippen LogP contribution in [-0.2, 0) is 13.6 Å². The lowest BCUT2D eigenvalue weighted by Gasteiger charge is -2.29. The summed E-state index contributed by atoms with van der Waals surface area (Å²) in [6.07, 6.45) is 5.64. The average molecular weight is 404 g/mol. The van der Waals surface area contributed by atoms with E-state index in [2.05, 4.69) is 65.7 Å². The van der Waals surface area contributed by atoms with Gasteiger partial charge in [0.1, 0.15) is 5.76 Å². The molecule has 0 bridgehead atoms. The first-order valence-electron chi connectivity index (χ1n) is 10.5. The number of aryl methyl sites for hydroxylation is 1. The summed E-state index contributed by atoms with van der Waals surface area (Å²) < 4.78 is 9.99. The molecule has 0 radical (unpaired) electrons. The van der Waals surface area contributed by atoms with Crippen LogP contribution in [0.2, 0.25) is 0 Å². The zero-order valence-electron chi connectivity index (χ0n) is 18.1. The number of likely N-dealkylation sites (N-methyl/N-ethyl adjacent to an activating group) is 1. The maximum absolute atomic E-state index is 5.83. The standard InChI is InChI=1S/C24H29N5O/c1-5-28(6-2)21(22-13-10-14-30-22)16-29-17-25-23(19-11-8-7-9-12-19)24(29)20-15-26-27(4)18(20)3/h7-15,17,21H,5-6,16H2,1-4H3/t21-/m1/s1. The minimum absolute atomic E-state index is 0.128. The molecule has 0 saturated heterocycles. The molecule has 4 aromatic rings. The third-order valence-corrected chi connectivity index (χ3v) is 5.87. The number of rotatable bonds is 8. The molecule has 0 N–H and O–H groups in total. The lowest BCUT2D eigenvalue weighted by Crippen LogP contribution is -2.31. The number of nitrogens with zero attached hydrogens (tertiary/aromatic N) is 5. The highest BCUT2D eigenvalue weighted by Crippen LogP contribution is 2.35. The zero-order valence-corrected chi connectivity index (χ0v) is 18.1. The summed E-state index contributed by atoms with van der Waals surface area (Å²) >= 11 is 0. The molecule has 3 aromatic heterocycles. The number of hydrogen-bond acceptors (Lipinski definition) is 4. The normalized spacial score (nSPS) is 12.6. The van der Waals surface area contributed by atoms with E-state index in [0.29, 0.717) is 0 Å². The van der Waals surface area contributed by atoms with Crippen molar-refractivity contribution in [2.24, 2.45) is 7.05 Å². The van der Waals surface area contributed by atoms with E-state index in [1.807, 2.05) is 36.4 Å². The summed E-state index contributed by atoms with van der Waals surface area (Å²) in [5, 5.41) is 4.49. The van der Waals surface area contributed by atoms with E-state index in [1.54, 1.807) is 6.26 Å². The van der Waals surface area contributed by atoms with Crippen molar-refractivity contribution >= 4 is 0 Å². The van der Waals surface area contributed by atoms with Gasteiger partial charge in [0.25, 0.3) is 0 Å². The highest BCUT2D eigenvalue weighted by molar-refractivity contribution is 5.79. The largest absolute Gasteiger partial charge is 0.468 e. The topological polar surface area (TPSA) is 52.0 Å². The van der Waals surface area contributed by atoms with Gasteiger partial charge < -0.3 is 8.98 Å². The van der Waals surface area contributed by atoms with Crippen LogP contribution in [-0.4, -0.2) is 37.3 Å². The van der Waals surface area contributed by atoms with E-state index in [0.717, 1.165) is 53.6 Å². The number of aromatic nitrogens is 4. The fourth-order valence-corrected chi connectivity index (χ4v) is 4.06. The number of furan rings is 1. The lowest BCUT2D eigenvalue weighted by atomic mass is 10.0. The van der Waals surface area contributed by atoms with Crippen molar-refractivity contribution in [2.75, 3.05) is 13.1 Å². The van der Waals surface area contributed by atoms with Gasteiger partial charge in [0.05, 0.1) is 36.2 Å².